The van der Waals surface area contributed by atoms with Crippen LogP contribution in [0.3, 0.4) is 0 Å². The first kappa shape index (κ1) is 13.5. The van der Waals surface area contributed by atoms with E-state index in [9.17, 15) is 9.59 Å². The number of carboxylic acid groups (broad SMARTS) is 1. The zero-order valence-corrected chi connectivity index (χ0v) is 10.8. The largest absolute Gasteiger partial charge is 0.477 e. The second kappa shape index (κ2) is 5.83. The summed E-state index contributed by atoms with van der Waals surface area (Å²) in [5, 5.41) is 18.0. The van der Waals surface area contributed by atoms with Crippen LogP contribution in [0.25, 0.3) is 0 Å². The molecule has 1 aliphatic heterocycles. The molecule has 3 N–H and O–H groups in total. The van der Waals surface area contributed by atoms with Crippen LogP contribution in [0, 0.1) is 5.92 Å². The summed E-state index contributed by atoms with van der Waals surface area (Å²) in [6.07, 6.45) is 2.34. The summed E-state index contributed by atoms with van der Waals surface area (Å²) in [6.45, 7) is 4.51. The molecule has 0 saturated carbocycles. The van der Waals surface area contributed by atoms with Crippen LogP contribution in [-0.2, 0) is 11.3 Å². The van der Waals surface area contributed by atoms with Crippen molar-refractivity contribution in [1.82, 2.24) is 20.4 Å². The lowest BCUT2D eigenvalue weighted by molar-refractivity contribution is -0.124. The lowest BCUT2D eigenvalue weighted by Crippen LogP contribution is -2.32. The molecule has 1 aliphatic rings. The highest BCUT2D eigenvalue weighted by Crippen LogP contribution is 2.19. The molecule has 1 aromatic rings. The van der Waals surface area contributed by atoms with Crippen molar-refractivity contribution in [3.8, 4) is 0 Å². The number of carboxylic acids is 1. The third-order valence-electron chi connectivity index (χ3n) is 3.32. The molecule has 1 saturated heterocycles. The SMILES string of the molecule is CCNC(=O)C1CCN(Cc2cn[nH]c2C(=O)O)C1. The molecule has 1 atom stereocenters. The minimum absolute atomic E-state index is 0.000120. The number of hydrogen-bond donors (Lipinski definition) is 3. The van der Waals surface area contributed by atoms with Crippen molar-refractivity contribution in [3.05, 3.63) is 17.5 Å². The average molecular weight is 266 g/mol. The quantitative estimate of drug-likeness (QED) is 0.700. The lowest BCUT2D eigenvalue weighted by Gasteiger charge is -2.15. The fourth-order valence-corrected chi connectivity index (χ4v) is 2.37. The van der Waals surface area contributed by atoms with Crippen LogP contribution in [0.2, 0.25) is 0 Å². The van der Waals surface area contributed by atoms with Gasteiger partial charge < -0.3 is 10.4 Å². The van der Waals surface area contributed by atoms with Gasteiger partial charge in [-0.3, -0.25) is 14.8 Å². The molecule has 104 valence electrons. The molecule has 7 nitrogen and oxygen atoms in total. The van der Waals surface area contributed by atoms with Gasteiger partial charge in [0, 0.05) is 25.2 Å². The van der Waals surface area contributed by atoms with E-state index in [0.717, 1.165) is 13.0 Å². The first-order valence-electron chi connectivity index (χ1n) is 6.37. The minimum atomic E-state index is -1.01. The van der Waals surface area contributed by atoms with Gasteiger partial charge in [0.25, 0.3) is 0 Å². The van der Waals surface area contributed by atoms with Crippen molar-refractivity contribution in [3.63, 3.8) is 0 Å². The van der Waals surface area contributed by atoms with Gasteiger partial charge in [0.1, 0.15) is 5.69 Å². The topological polar surface area (TPSA) is 98.3 Å². The molecule has 2 rings (SSSR count). The molecule has 1 amide bonds. The molecular formula is C12H18N4O3. The van der Waals surface area contributed by atoms with Crippen molar-refractivity contribution in [1.29, 1.82) is 0 Å². The highest BCUT2D eigenvalue weighted by Gasteiger charge is 2.28. The van der Waals surface area contributed by atoms with Crippen LogP contribution in [-0.4, -0.2) is 51.7 Å². The summed E-state index contributed by atoms with van der Waals surface area (Å²) < 4.78 is 0. The van der Waals surface area contributed by atoms with E-state index in [-0.39, 0.29) is 17.5 Å². The predicted octanol–water partition coefficient (Wildman–Crippen LogP) is 0.0659. The number of H-pyrrole nitrogens is 1. The lowest BCUT2D eigenvalue weighted by atomic mass is 10.1. The highest BCUT2D eigenvalue weighted by molar-refractivity contribution is 5.86. The second-order valence-electron chi connectivity index (χ2n) is 4.69. The number of nitrogens with zero attached hydrogens (tertiary/aromatic N) is 2. The predicted molar refractivity (Wildman–Crippen MR) is 67.6 cm³/mol. The van der Waals surface area contributed by atoms with Crippen LogP contribution in [0.4, 0.5) is 0 Å². The molecule has 1 unspecified atom stereocenters. The summed E-state index contributed by atoms with van der Waals surface area (Å²) in [6, 6.07) is 0. The molecule has 1 fully saturated rings. The maximum absolute atomic E-state index is 11.7. The van der Waals surface area contributed by atoms with Crippen molar-refractivity contribution < 1.29 is 14.7 Å². The maximum atomic E-state index is 11.7. The molecule has 7 heteroatoms. The molecule has 19 heavy (non-hydrogen) atoms. The highest BCUT2D eigenvalue weighted by atomic mass is 16.4. The number of likely N-dealkylation sites (tertiary alicyclic amines) is 1. The van der Waals surface area contributed by atoms with Crippen molar-refractivity contribution >= 4 is 11.9 Å². The molecule has 0 aromatic carbocycles. The number of amides is 1. The van der Waals surface area contributed by atoms with Gasteiger partial charge >= 0.3 is 5.97 Å². The number of carbonyl (C=O) groups excluding carboxylic acids is 1. The third kappa shape index (κ3) is 3.11. The first-order valence-corrected chi connectivity index (χ1v) is 6.37. The molecule has 0 bridgehead atoms. The van der Waals surface area contributed by atoms with E-state index in [4.69, 9.17) is 5.11 Å². The molecule has 0 spiro atoms. The Labute approximate surface area is 111 Å². The summed E-state index contributed by atoms with van der Waals surface area (Å²) in [4.78, 5) is 24.8. The van der Waals surface area contributed by atoms with E-state index in [1.807, 2.05) is 6.92 Å². The van der Waals surface area contributed by atoms with Crippen LogP contribution < -0.4 is 5.32 Å². The average Bonchev–Trinajstić information content (AvgIpc) is 2.99. The Hall–Kier alpha value is -1.89. The summed E-state index contributed by atoms with van der Waals surface area (Å²) in [7, 11) is 0. The number of aromatic carboxylic acids is 1. The minimum Gasteiger partial charge on any atom is -0.477 e. The number of carbonyl (C=O) groups is 2. The van der Waals surface area contributed by atoms with Crippen molar-refractivity contribution in [2.45, 2.75) is 19.9 Å². The second-order valence-corrected chi connectivity index (χ2v) is 4.69. The van der Waals surface area contributed by atoms with Gasteiger partial charge in [0.15, 0.2) is 0 Å². The van der Waals surface area contributed by atoms with E-state index in [2.05, 4.69) is 20.4 Å². The monoisotopic (exact) mass is 266 g/mol. The Bertz CT molecular complexity index is 471. The van der Waals surface area contributed by atoms with E-state index >= 15 is 0 Å². The van der Waals surface area contributed by atoms with E-state index in [1.54, 1.807) is 0 Å². The third-order valence-corrected chi connectivity index (χ3v) is 3.32. The zero-order valence-electron chi connectivity index (χ0n) is 10.8. The van der Waals surface area contributed by atoms with Crippen LogP contribution in [0.1, 0.15) is 29.4 Å². The maximum Gasteiger partial charge on any atom is 0.354 e. The van der Waals surface area contributed by atoms with Gasteiger partial charge in [-0.15, -0.1) is 0 Å². The van der Waals surface area contributed by atoms with E-state index in [1.165, 1.54) is 6.20 Å². The number of nitrogens with one attached hydrogen (secondary N) is 2. The van der Waals surface area contributed by atoms with Gasteiger partial charge in [0.2, 0.25) is 5.91 Å². The van der Waals surface area contributed by atoms with Crippen LogP contribution in [0.15, 0.2) is 6.20 Å². The van der Waals surface area contributed by atoms with Crippen molar-refractivity contribution in [2.24, 2.45) is 5.92 Å². The molecule has 2 heterocycles. The Morgan fingerprint density at radius 1 is 1.63 bits per heavy atom. The van der Waals surface area contributed by atoms with Crippen LogP contribution >= 0.6 is 0 Å². The normalized spacial score (nSPS) is 19.5. The van der Waals surface area contributed by atoms with Gasteiger partial charge in [-0.25, -0.2) is 4.79 Å². The zero-order chi connectivity index (χ0) is 13.8. The number of aromatic nitrogens is 2. The molecule has 0 aliphatic carbocycles. The Morgan fingerprint density at radius 3 is 3.11 bits per heavy atom. The fourth-order valence-electron chi connectivity index (χ4n) is 2.37. The molecule has 1 aromatic heterocycles. The summed E-state index contributed by atoms with van der Waals surface area (Å²) in [5.74, 6) is -0.928. The molecule has 0 radical (unpaired) electrons. The standard InChI is InChI=1S/C12H18N4O3/c1-2-13-11(17)8-3-4-16(6-8)7-9-5-14-15-10(9)12(18)19/h5,8H,2-4,6-7H2,1H3,(H,13,17)(H,14,15)(H,18,19). The Morgan fingerprint density at radius 2 is 2.42 bits per heavy atom. The van der Waals surface area contributed by atoms with Crippen molar-refractivity contribution in [2.75, 3.05) is 19.6 Å². The van der Waals surface area contributed by atoms with E-state index < -0.39 is 5.97 Å². The van der Waals surface area contributed by atoms with Gasteiger partial charge in [-0.05, 0) is 19.9 Å². The smallest absolute Gasteiger partial charge is 0.354 e. The number of rotatable bonds is 5. The fraction of sp³-hybridized carbons (Fsp3) is 0.583. The van der Waals surface area contributed by atoms with Gasteiger partial charge in [0.05, 0.1) is 12.1 Å². The Balaban J connectivity index is 1.93. The number of aromatic amines is 1. The number of hydrogen-bond acceptors (Lipinski definition) is 4. The van der Waals surface area contributed by atoms with Gasteiger partial charge in [-0.2, -0.15) is 5.10 Å². The molecular weight excluding hydrogens is 248 g/mol. The summed E-state index contributed by atoms with van der Waals surface area (Å²) in [5.41, 5.74) is 0.783. The van der Waals surface area contributed by atoms with Gasteiger partial charge in [-0.1, -0.05) is 0 Å². The van der Waals surface area contributed by atoms with E-state index in [0.29, 0.717) is 25.2 Å². The summed E-state index contributed by atoms with van der Waals surface area (Å²) >= 11 is 0. The van der Waals surface area contributed by atoms with Crippen LogP contribution in [0.5, 0.6) is 0 Å². The first-order chi connectivity index (χ1) is 9.11. The Kier molecular flexibility index (Phi) is 4.16.